The molecule has 3 nitrogen and oxygen atoms in total. The minimum Gasteiger partial charge on any atom is -0.296 e. The molecule has 0 unspecified atom stereocenters. The highest BCUT2D eigenvalue weighted by Crippen LogP contribution is 2.25. The van der Waals surface area contributed by atoms with Crippen molar-refractivity contribution in [1.82, 2.24) is 14.8 Å². The molecule has 3 aromatic rings. The van der Waals surface area contributed by atoms with Crippen molar-refractivity contribution in [1.29, 1.82) is 0 Å². The average molecular weight is 416 g/mol. The summed E-state index contributed by atoms with van der Waals surface area (Å²) in [4.78, 5) is 9.63. The third kappa shape index (κ3) is 4.78. The van der Waals surface area contributed by atoms with Gasteiger partial charge in [0.05, 0.1) is 5.69 Å². The third-order valence-electron chi connectivity index (χ3n) is 5.11. The van der Waals surface area contributed by atoms with Crippen LogP contribution in [0.2, 0.25) is 5.02 Å². The lowest BCUT2D eigenvalue weighted by Crippen LogP contribution is -2.45. The fraction of sp³-hybridized carbons (Fsp3) is 0.318. The summed E-state index contributed by atoms with van der Waals surface area (Å²) in [5, 5.41) is 3.76. The first-order valence-corrected chi connectivity index (χ1v) is 10.7. The number of hydrogen-bond donors (Lipinski definition) is 0. The van der Waals surface area contributed by atoms with Crippen molar-refractivity contribution in [3.63, 3.8) is 0 Å². The van der Waals surface area contributed by atoms with E-state index in [1.807, 2.05) is 0 Å². The van der Waals surface area contributed by atoms with Gasteiger partial charge < -0.3 is 0 Å². The quantitative estimate of drug-likeness (QED) is 0.568. The first-order valence-electron chi connectivity index (χ1n) is 9.47. The fourth-order valence-electron chi connectivity index (χ4n) is 3.43. The van der Waals surface area contributed by atoms with Gasteiger partial charge in [-0.25, -0.2) is 9.37 Å². The Labute approximate surface area is 174 Å². The molecule has 0 radical (unpaired) electrons. The minimum absolute atomic E-state index is 0.285. The molecular weight excluding hydrogens is 393 g/mol. The largest absolute Gasteiger partial charge is 0.296 e. The number of benzene rings is 2. The van der Waals surface area contributed by atoms with Crippen LogP contribution in [0.1, 0.15) is 16.8 Å². The van der Waals surface area contributed by atoms with Crippen LogP contribution in [0.15, 0.2) is 47.8 Å². The van der Waals surface area contributed by atoms with Crippen molar-refractivity contribution in [2.45, 2.75) is 20.0 Å². The Morgan fingerprint density at radius 2 is 1.68 bits per heavy atom. The summed E-state index contributed by atoms with van der Waals surface area (Å²) in [6.07, 6.45) is 0. The van der Waals surface area contributed by atoms with Gasteiger partial charge in [-0.1, -0.05) is 47.5 Å². The van der Waals surface area contributed by atoms with Crippen LogP contribution in [0.25, 0.3) is 10.6 Å². The molecule has 6 heteroatoms. The van der Waals surface area contributed by atoms with Gasteiger partial charge in [-0.15, -0.1) is 11.3 Å². The van der Waals surface area contributed by atoms with Crippen molar-refractivity contribution >= 4 is 22.9 Å². The molecule has 0 spiro atoms. The predicted molar refractivity (Wildman–Crippen MR) is 114 cm³/mol. The lowest BCUT2D eigenvalue weighted by atomic mass is 10.2. The normalized spacial score (nSPS) is 15.8. The second-order valence-corrected chi connectivity index (χ2v) is 8.56. The monoisotopic (exact) mass is 415 g/mol. The van der Waals surface area contributed by atoms with Crippen LogP contribution in [-0.2, 0) is 13.1 Å². The van der Waals surface area contributed by atoms with Crippen molar-refractivity contribution < 1.29 is 4.39 Å². The number of piperazine rings is 1. The molecule has 4 rings (SSSR count). The molecular formula is C22H23ClFN3S. The number of thiazole rings is 1. The van der Waals surface area contributed by atoms with Gasteiger partial charge in [0, 0.05) is 55.2 Å². The van der Waals surface area contributed by atoms with Gasteiger partial charge in [-0.05, 0) is 24.6 Å². The Morgan fingerprint density at radius 3 is 2.36 bits per heavy atom. The maximum absolute atomic E-state index is 13.2. The number of halogens is 2. The van der Waals surface area contributed by atoms with E-state index >= 15 is 0 Å². The molecule has 0 atom stereocenters. The summed E-state index contributed by atoms with van der Waals surface area (Å²) in [5.41, 5.74) is 4.57. The smallest absolute Gasteiger partial charge is 0.124 e. The highest BCUT2D eigenvalue weighted by Gasteiger charge is 2.19. The molecule has 1 fully saturated rings. The van der Waals surface area contributed by atoms with Crippen LogP contribution in [0.4, 0.5) is 4.39 Å². The topological polar surface area (TPSA) is 19.4 Å². The zero-order valence-electron chi connectivity index (χ0n) is 15.9. The van der Waals surface area contributed by atoms with Crippen molar-refractivity contribution in [3.8, 4) is 10.6 Å². The maximum Gasteiger partial charge on any atom is 0.124 e. The molecule has 1 aromatic heterocycles. The molecule has 0 amide bonds. The van der Waals surface area contributed by atoms with Crippen molar-refractivity contribution in [2.75, 3.05) is 26.2 Å². The van der Waals surface area contributed by atoms with Crippen molar-refractivity contribution in [3.05, 3.63) is 75.5 Å². The van der Waals surface area contributed by atoms with Crippen LogP contribution >= 0.6 is 22.9 Å². The lowest BCUT2D eigenvalue weighted by Gasteiger charge is -2.34. The average Bonchev–Trinajstić information content (AvgIpc) is 3.14. The summed E-state index contributed by atoms with van der Waals surface area (Å²) in [7, 11) is 0. The molecule has 146 valence electrons. The first kappa shape index (κ1) is 19.5. The van der Waals surface area contributed by atoms with E-state index in [0.29, 0.717) is 5.02 Å². The summed E-state index contributed by atoms with van der Waals surface area (Å²) < 4.78 is 13.2. The second-order valence-electron chi connectivity index (χ2n) is 7.30. The van der Waals surface area contributed by atoms with Crippen LogP contribution in [0.5, 0.6) is 0 Å². The molecule has 1 aliphatic heterocycles. The van der Waals surface area contributed by atoms with Crippen LogP contribution in [0.3, 0.4) is 0 Å². The van der Waals surface area contributed by atoms with E-state index in [1.54, 1.807) is 17.4 Å². The summed E-state index contributed by atoms with van der Waals surface area (Å²) >= 11 is 7.87. The highest BCUT2D eigenvalue weighted by molar-refractivity contribution is 7.13. The SMILES string of the molecule is Cc1ccc(-c2nc(CN3CCN(Cc4ccc(F)cc4Cl)CC3)cs2)cc1. The van der Waals surface area contributed by atoms with Gasteiger partial charge in [0.15, 0.2) is 0 Å². The van der Waals surface area contributed by atoms with E-state index < -0.39 is 0 Å². The molecule has 1 saturated heterocycles. The maximum atomic E-state index is 13.2. The highest BCUT2D eigenvalue weighted by atomic mass is 35.5. The lowest BCUT2D eigenvalue weighted by molar-refractivity contribution is 0.121. The molecule has 0 N–H and O–H groups in total. The third-order valence-corrected chi connectivity index (χ3v) is 6.40. The number of aryl methyl sites for hydroxylation is 1. The molecule has 0 aliphatic carbocycles. The van der Waals surface area contributed by atoms with E-state index in [-0.39, 0.29) is 5.82 Å². The van der Waals surface area contributed by atoms with Gasteiger partial charge in [0.1, 0.15) is 10.8 Å². The molecule has 0 saturated carbocycles. The zero-order valence-corrected chi connectivity index (χ0v) is 17.4. The zero-order chi connectivity index (χ0) is 19.5. The second kappa shape index (κ2) is 8.70. The Kier molecular flexibility index (Phi) is 6.07. The summed E-state index contributed by atoms with van der Waals surface area (Å²) in [6, 6.07) is 13.2. The predicted octanol–water partition coefficient (Wildman–Crippen LogP) is 5.23. The van der Waals surface area contributed by atoms with E-state index in [0.717, 1.165) is 55.5 Å². The molecule has 1 aliphatic rings. The van der Waals surface area contributed by atoms with E-state index in [1.165, 1.54) is 23.3 Å². The van der Waals surface area contributed by atoms with Crippen molar-refractivity contribution in [2.24, 2.45) is 0 Å². The Bertz CT molecular complexity index is 933. The number of hydrogen-bond acceptors (Lipinski definition) is 4. The number of nitrogens with zero attached hydrogens (tertiary/aromatic N) is 3. The van der Waals surface area contributed by atoms with Gasteiger partial charge >= 0.3 is 0 Å². The van der Waals surface area contributed by atoms with Gasteiger partial charge in [0.25, 0.3) is 0 Å². The van der Waals surface area contributed by atoms with Gasteiger partial charge in [-0.3, -0.25) is 9.80 Å². The molecule has 2 aromatic carbocycles. The molecule has 2 heterocycles. The number of rotatable bonds is 5. The van der Waals surface area contributed by atoms with Gasteiger partial charge in [0.2, 0.25) is 0 Å². The Hall–Kier alpha value is -1.79. The molecule has 28 heavy (non-hydrogen) atoms. The van der Waals surface area contributed by atoms with E-state index in [9.17, 15) is 4.39 Å². The first-order chi connectivity index (χ1) is 13.6. The Morgan fingerprint density at radius 1 is 1.00 bits per heavy atom. The summed E-state index contributed by atoms with van der Waals surface area (Å²) in [5.74, 6) is -0.285. The van der Waals surface area contributed by atoms with Crippen LogP contribution < -0.4 is 0 Å². The minimum atomic E-state index is -0.285. The van der Waals surface area contributed by atoms with E-state index in [4.69, 9.17) is 16.6 Å². The molecule has 0 bridgehead atoms. The standard InChI is InChI=1S/C22H23ClFN3S/c1-16-2-4-17(5-3-16)22-25-20(15-28-22)14-27-10-8-26(9-11-27)13-18-6-7-19(24)12-21(18)23/h2-7,12,15H,8-11,13-14H2,1H3. The van der Waals surface area contributed by atoms with Gasteiger partial charge in [-0.2, -0.15) is 0 Å². The fourth-order valence-corrected chi connectivity index (χ4v) is 4.48. The van der Waals surface area contributed by atoms with E-state index in [2.05, 4.69) is 46.4 Å². The van der Waals surface area contributed by atoms with Crippen LogP contribution in [0, 0.1) is 12.7 Å². The summed E-state index contributed by atoms with van der Waals surface area (Å²) in [6.45, 7) is 7.69. The number of aromatic nitrogens is 1. The Balaban J connectivity index is 1.30. The van der Waals surface area contributed by atoms with Crippen LogP contribution in [-0.4, -0.2) is 41.0 Å².